The Labute approximate surface area is 155 Å². The molecule has 4 rings (SSSR count). The van der Waals surface area contributed by atoms with Crippen molar-refractivity contribution >= 4 is 34.9 Å². The first-order valence-electron chi connectivity index (χ1n) is 8.33. The van der Waals surface area contributed by atoms with Gasteiger partial charge < -0.3 is 20.2 Å². The van der Waals surface area contributed by atoms with E-state index < -0.39 is 0 Å². The molecule has 2 N–H and O–H groups in total. The molecule has 8 heteroatoms. The van der Waals surface area contributed by atoms with Crippen molar-refractivity contribution in [2.24, 2.45) is 0 Å². The van der Waals surface area contributed by atoms with Crippen molar-refractivity contribution in [3.63, 3.8) is 0 Å². The van der Waals surface area contributed by atoms with Crippen LogP contribution in [0.4, 0.5) is 11.5 Å². The lowest BCUT2D eigenvalue weighted by Gasteiger charge is -2.36. The molecule has 2 aromatic rings. The van der Waals surface area contributed by atoms with Gasteiger partial charge in [0, 0.05) is 48.5 Å². The lowest BCUT2D eigenvalue weighted by Crippen LogP contribution is -2.49. The summed E-state index contributed by atoms with van der Waals surface area (Å²) in [6.45, 7) is 2.21. The van der Waals surface area contributed by atoms with Crippen LogP contribution in [0.25, 0.3) is 0 Å². The highest BCUT2D eigenvalue weighted by Crippen LogP contribution is 2.31. The van der Waals surface area contributed by atoms with Crippen LogP contribution in [-0.4, -0.2) is 53.0 Å². The van der Waals surface area contributed by atoms with E-state index in [9.17, 15) is 14.7 Å². The lowest BCUT2D eigenvalue weighted by molar-refractivity contribution is -0.115. The second kappa shape index (κ2) is 6.49. The number of aromatic hydroxyl groups is 1. The van der Waals surface area contributed by atoms with E-state index >= 15 is 0 Å². The fraction of sp³-hybridized carbons (Fsp3) is 0.278. The number of fused-ring (bicyclic) bond motifs is 1. The maximum atomic E-state index is 12.9. The Hall–Kier alpha value is -2.80. The lowest BCUT2D eigenvalue weighted by atomic mass is 10.1. The summed E-state index contributed by atoms with van der Waals surface area (Å²) in [5.74, 6) is 0.401. The quantitative estimate of drug-likeness (QED) is 0.841. The number of amides is 2. The second-order valence-electron chi connectivity index (χ2n) is 6.32. The average molecular weight is 373 g/mol. The summed E-state index contributed by atoms with van der Waals surface area (Å²) in [5.41, 5.74) is 1.86. The van der Waals surface area contributed by atoms with E-state index in [0.717, 1.165) is 0 Å². The van der Waals surface area contributed by atoms with Crippen LogP contribution < -0.4 is 10.2 Å². The largest absolute Gasteiger partial charge is 0.506 e. The number of rotatable bonds is 2. The fourth-order valence-corrected chi connectivity index (χ4v) is 3.55. The van der Waals surface area contributed by atoms with E-state index in [-0.39, 0.29) is 24.0 Å². The van der Waals surface area contributed by atoms with Gasteiger partial charge in [-0.25, -0.2) is 4.98 Å². The Bertz CT molecular complexity index is 894. The Balaban J connectivity index is 1.49. The van der Waals surface area contributed by atoms with Crippen LogP contribution >= 0.6 is 11.6 Å². The molecule has 0 atom stereocenters. The van der Waals surface area contributed by atoms with Crippen LogP contribution in [0.3, 0.4) is 0 Å². The molecule has 2 aliphatic rings. The zero-order valence-corrected chi connectivity index (χ0v) is 14.7. The standard InChI is InChI=1S/C18H17ClN4O3/c19-11-1-2-15(24)14(9-11)22-5-7-23(8-6-22)18(26)12-3-4-20-17-13(12)10-16(25)21-17/h1-4,9,24H,5-8,10H2,(H,20,21,25). The first-order valence-corrected chi connectivity index (χ1v) is 8.71. The number of hydrogen-bond acceptors (Lipinski definition) is 5. The molecular formula is C18H17ClN4O3. The molecule has 0 saturated carbocycles. The second-order valence-corrected chi connectivity index (χ2v) is 6.76. The van der Waals surface area contributed by atoms with Crippen LogP contribution in [0.15, 0.2) is 30.5 Å². The van der Waals surface area contributed by atoms with Gasteiger partial charge in [-0.3, -0.25) is 9.59 Å². The van der Waals surface area contributed by atoms with E-state index in [0.29, 0.717) is 53.8 Å². The van der Waals surface area contributed by atoms with E-state index in [2.05, 4.69) is 10.3 Å². The highest BCUT2D eigenvalue weighted by molar-refractivity contribution is 6.30. The number of carbonyl (C=O) groups is 2. The maximum Gasteiger partial charge on any atom is 0.254 e. The topological polar surface area (TPSA) is 85.8 Å². The summed E-state index contributed by atoms with van der Waals surface area (Å²) in [7, 11) is 0. The predicted octanol–water partition coefficient (Wildman–Crippen LogP) is 1.90. The fourth-order valence-electron chi connectivity index (χ4n) is 3.39. The maximum absolute atomic E-state index is 12.9. The van der Waals surface area contributed by atoms with E-state index in [4.69, 9.17) is 11.6 Å². The van der Waals surface area contributed by atoms with Gasteiger partial charge in [-0.15, -0.1) is 0 Å². The number of nitrogens with zero attached hydrogens (tertiary/aromatic N) is 3. The zero-order chi connectivity index (χ0) is 18.3. The number of aromatic nitrogens is 1. The molecule has 26 heavy (non-hydrogen) atoms. The molecule has 0 aliphatic carbocycles. The van der Waals surface area contributed by atoms with Crippen LogP contribution in [-0.2, 0) is 11.2 Å². The SMILES string of the molecule is O=C1Cc2c(C(=O)N3CCN(c4cc(Cl)ccc4O)CC3)ccnc2N1. The highest BCUT2D eigenvalue weighted by Gasteiger charge is 2.29. The summed E-state index contributed by atoms with van der Waals surface area (Å²) in [6.07, 6.45) is 1.72. The summed E-state index contributed by atoms with van der Waals surface area (Å²) >= 11 is 6.02. The third kappa shape index (κ3) is 2.94. The molecule has 134 valence electrons. The number of carbonyl (C=O) groups excluding carboxylic acids is 2. The Morgan fingerprint density at radius 1 is 1.19 bits per heavy atom. The van der Waals surface area contributed by atoms with Gasteiger partial charge in [0.25, 0.3) is 5.91 Å². The van der Waals surface area contributed by atoms with Gasteiger partial charge in [-0.1, -0.05) is 11.6 Å². The van der Waals surface area contributed by atoms with Crippen LogP contribution in [0, 0.1) is 0 Å². The number of nitrogens with one attached hydrogen (secondary N) is 1. The minimum absolute atomic E-state index is 0.102. The number of piperazine rings is 1. The number of phenols is 1. The zero-order valence-electron chi connectivity index (χ0n) is 13.9. The monoisotopic (exact) mass is 372 g/mol. The van der Waals surface area contributed by atoms with Gasteiger partial charge >= 0.3 is 0 Å². The number of phenolic OH excluding ortho intramolecular Hbond substituents is 1. The first kappa shape index (κ1) is 16.7. The van der Waals surface area contributed by atoms with Crippen LogP contribution in [0.2, 0.25) is 5.02 Å². The van der Waals surface area contributed by atoms with Gasteiger partial charge in [0.1, 0.15) is 11.6 Å². The predicted molar refractivity (Wildman–Crippen MR) is 97.8 cm³/mol. The van der Waals surface area contributed by atoms with Gasteiger partial charge in [0.15, 0.2) is 0 Å². The van der Waals surface area contributed by atoms with Gasteiger partial charge in [0.2, 0.25) is 5.91 Å². The Kier molecular flexibility index (Phi) is 4.16. The third-order valence-corrected chi connectivity index (χ3v) is 4.96. The van der Waals surface area contributed by atoms with Crippen molar-refractivity contribution in [1.29, 1.82) is 0 Å². The molecule has 1 aromatic carbocycles. The molecule has 1 aromatic heterocycles. The summed E-state index contributed by atoms with van der Waals surface area (Å²) < 4.78 is 0. The van der Waals surface area contributed by atoms with E-state index in [1.54, 1.807) is 29.2 Å². The molecule has 1 fully saturated rings. The molecule has 0 radical (unpaired) electrons. The van der Waals surface area contributed by atoms with E-state index in [1.165, 1.54) is 6.20 Å². The number of benzene rings is 1. The molecule has 3 heterocycles. The minimum atomic E-state index is -0.144. The molecule has 2 aliphatic heterocycles. The molecule has 2 amide bonds. The van der Waals surface area contributed by atoms with Gasteiger partial charge in [-0.05, 0) is 24.3 Å². The molecule has 0 unspecified atom stereocenters. The first-order chi connectivity index (χ1) is 12.5. The van der Waals surface area contributed by atoms with Crippen molar-refractivity contribution in [2.75, 3.05) is 36.4 Å². The smallest absolute Gasteiger partial charge is 0.254 e. The molecule has 0 bridgehead atoms. The minimum Gasteiger partial charge on any atom is -0.506 e. The van der Waals surface area contributed by atoms with E-state index in [1.807, 2.05) is 4.90 Å². The molecule has 7 nitrogen and oxygen atoms in total. The van der Waals surface area contributed by atoms with Gasteiger partial charge in [0.05, 0.1) is 12.1 Å². The van der Waals surface area contributed by atoms with Gasteiger partial charge in [-0.2, -0.15) is 0 Å². The third-order valence-electron chi connectivity index (χ3n) is 4.73. The van der Waals surface area contributed by atoms with Crippen molar-refractivity contribution in [3.8, 4) is 5.75 Å². The number of hydrogen-bond donors (Lipinski definition) is 2. The van der Waals surface area contributed by atoms with Crippen molar-refractivity contribution in [3.05, 3.63) is 46.6 Å². The summed E-state index contributed by atoms with van der Waals surface area (Å²) in [4.78, 5) is 32.4. The average Bonchev–Trinajstić information content (AvgIpc) is 3.03. The summed E-state index contributed by atoms with van der Waals surface area (Å²) in [6, 6.07) is 6.59. The van der Waals surface area contributed by atoms with Crippen molar-refractivity contribution in [2.45, 2.75) is 6.42 Å². The molecule has 1 saturated heterocycles. The Morgan fingerprint density at radius 2 is 1.96 bits per heavy atom. The Morgan fingerprint density at radius 3 is 2.73 bits per heavy atom. The normalized spacial score (nSPS) is 16.4. The molecular weight excluding hydrogens is 356 g/mol. The van der Waals surface area contributed by atoms with Crippen LogP contribution in [0.5, 0.6) is 5.75 Å². The molecule has 0 spiro atoms. The van der Waals surface area contributed by atoms with Crippen LogP contribution in [0.1, 0.15) is 15.9 Å². The summed E-state index contributed by atoms with van der Waals surface area (Å²) in [5, 5.41) is 13.3. The number of pyridine rings is 1. The highest BCUT2D eigenvalue weighted by atomic mass is 35.5. The van der Waals surface area contributed by atoms with Crippen molar-refractivity contribution < 1.29 is 14.7 Å². The number of halogens is 1. The number of anilines is 2. The van der Waals surface area contributed by atoms with Crippen molar-refractivity contribution in [1.82, 2.24) is 9.88 Å².